The number of imidazole rings is 1. The van der Waals surface area contributed by atoms with Gasteiger partial charge in [0, 0.05) is 37.2 Å². The van der Waals surface area contributed by atoms with Crippen LogP contribution in [-0.4, -0.2) is 38.4 Å². The van der Waals surface area contributed by atoms with Gasteiger partial charge in [-0.05, 0) is 25.0 Å². The molecule has 22 heavy (non-hydrogen) atoms. The van der Waals surface area contributed by atoms with Crippen LogP contribution in [0.4, 0.5) is 0 Å². The average Bonchev–Trinajstić information content (AvgIpc) is 2.96. The third kappa shape index (κ3) is 3.18. The van der Waals surface area contributed by atoms with Gasteiger partial charge >= 0.3 is 0 Å². The zero-order chi connectivity index (χ0) is 15.4. The first-order chi connectivity index (χ1) is 10.8. The topological polar surface area (TPSA) is 51.0 Å². The molecule has 0 saturated heterocycles. The van der Waals surface area contributed by atoms with Crippen LogP contribution in [0.1, 0.15) is 48.9 Å². The number of nitrogens with zero attached hydrogens (tertiary/aromatic N) is 4. The predicted molar refractivity (Wildman–Crippen MR) is 84.9 cm³/mol. The molecule has 2 heterocycles. The highest BCUT2D eigenvalue weighted by Crippen LogP contribution is 2.22. The lowest BCUT2D eigenvalue weighted by Gasteiger charge is -2.27. The highest BCUT2D eigenvalue weighted by molar-refractivity contribution is 5.94. The molecule has 0 aromatic carbocycles. The van der Waals surface area contributed by atoms with E-state index in [0.717, 1.165) is 18.7 Å². The van der Waals surface area contributed by atoms with Gasteiger partial charge in [0.15, 0.2) is 0 Å². The lowest BCUT2D eigenvalue weighted by molar-refractivity contribution is 0.0717. The Kier molecular flexibility index (Phi) is 4.51. The molecule has 0 bridgehead atoms. The van der Waals surface area contributed by atoms with E-state index in [9.17, 15) is 4.79 Å². The van der Waals surface area contributed by atoms with Crippen LogP contribution < -0.4 is 0 Å². The highest BCUT2D eigenvalue weighted by Gasteiger charge is 2.22. The van der Waals surface area contributed by atoms with E-state index in [2.05, 4.69) is 9.97 Å². The summed E-state index contributed by atoms with van der Waals surface area (Å²) in [7, 11) is 1.93. The van der Waals surface area contributed by atoms with Gasteiger partial charge in [-0.3, -0.25) is 9.36 Å². The minimum absolute atomic E-state index is 0.0793. The predicted octanol–water partition coefficient (Wildman–Crippen LogP) is 3.06. The Morgan fingerprint density at radius 1 is 1.23 bits per heavy atom. The summed E-state index contributed by atoms with van der Waals surface area (Å²) in [5, 5.41) is 0. The number of pyridine rings is 1. The van der Waals surface area contributed by atoms with Gasteiger partial charge in [0.1, 0.15) is 12.1 Å². The fourth-order valence-corrected chi connectivity index (χ4v) is 3.10. The van der Waals surface area contributed by atoms with E-state index in [4.69, 9.17) is 0 Å². The number of amides is 1. The lowest BCUT2D eigenvalue weighted by atomic mass is 10.1. The van der Waals surface area contributed by atoms with Crippen LogP contribution >= 0.6 is 0 Å². The zero-order valence-corrected chi connectivity index (χ0v) is 13.0. The van der Waals surface area contributed by atoms with Gasteiger partial charge in [-0.1, -0.05) is 25.7 Å². The normalized spacial score (nSPS) is 16.2. The summed E-state index contributed by atoms with van der Waals surface area (Å²) in [5.41, 5.74) is 0.686. The molecule has 0 radical (unpaired) electrons. The summed E-state index contributed by atoms with van der Waals surface area (Å²) in [5.74, 6) is 0.799. The highest BCUT2D eigenvalue weighted by atomic mass is 16.2. The van der Waals surface area contributed by atoms with Crippen molar-refractivity contribution in [2.75, 3.05) is 7.05 Å². The third-order valence-electron chi connectivity index (χ3n) is 4.45. The molecule has 0 aliphatic heterocycles. The van der Waals surface area contributed by atoms with E-state index < -0.39 is 0 Å². The molecule has 0 unspecified atom stereocenters. The Labute approximate surface area is 131 Å². The first-order valence-corrected chi connectivity index (χ1v) is 7.97. The number of aromatic nitrogens is 3. The Balaban J connectivity index is 1.78. The van der Waals surface area contributed by atoms with Gasteiger partial charge in [-0.2, -0.15) is 0 Å². The van der Waals surface area contributed by atoms with Crippen molar-refractivity contribution in [3.63, 3.8) is 0 Å². The fourth-order valence-electron chi connectivity index (χ4n) is 3.10. The van der Waals surface area contributed by atoms with Crippen LogP contribution in [0.15, 0.2) is 37.1 Å². The maximum atomic E-state index is 12.8. The Hall–Kier alpha value is -2.17. The monoisotopic (exact) mass is 298 g/mol. The number of rotatable bonds is 3. The van der Waals surface area contributed by atoms with Gasteiger partial charge in [0.05, 0.1) is 0 Å². The first kappa shape index (κ1) is 14.8. The van der Waals surface area contributed by atoms with Gasteiger partial charge in [-0.25, -0.2) is 9.97 Å². The molecular formula is C17H22N4O. The number of carbonyl (C=O) groups is 1. The summed E-state index contributed by atoms with van der Waals surface area (Å²) in [6.07, 6.45) is 14.1. The molecular weight excluding hydrogens is 276 g/mol. The maximum Gasteiger partial charge on any atom is 0.254 e. The quantitative estimate of drug-likeness (QED) is 0.818. The van der Waals surface area contributed by atoms with Crippen molar-refractivity contribution in [1.82, 2.24) is 19.4 Å². The number of hydrogen-bond acceptors (Lipinski definition) is 3. The molecule has 1 fully saturated rings. The van der Waals surface area contributed by atoms with Crippen molar-refractivity contribution in [3.05, 3.63) is 42.6 Å². The van der Waals surface area contributed by atoms with E-state index in [1.54, 1.807) is 24.8 Å². The van der Waals surface area contributed by atoms with E-state index in [1.807, 2.05) is 28.8 Å². The summed E-state index contributed by atoms with van der Waals surface area (Å²) in [6.45, 7) is 0. The summed E-state index contributed by atoms with van der Waals surface area (Å²) < 4.78 is 1.81. The molecule has 116 valence electrons. The van der Waals surface area contributed by atoms with Gasteiger partial charge < -0.3 is 4.90 Å². The molecule has 0 N–H and O–H groups in total. The number of hydrogen-bond donors (Lipinski definition) is 0. The number of carbonyl (C=O) groups excluding carboxylic acids is 1. The second kappa shape index (κ2) is 6.73. The van der Waals surface area contributed by atoms with Crippen LogP contribution in [0.5, 0.6) is 0 Å². The van der Waals surface area contributed by atoms with E-state index in [0.29, 0.717) is 11.6 Å². The van der Waals surface area contributed by atoms with Crippen molar-refractivity contribution < 1.29 is 4.79 Å². The van der Waals surface area contributed by atoms with Crippen LogP contribution in [0.3, 0.4) is 0 Å². The average molecular weight is 298 g/mol. The van der Waals surface area contributed by atoms with E-state index in [-0.39, 0.29) is 5.91 Å². The van der Waals surface area contributed by atoms with Crippen molar-refractivity contribution >= 4 is 5.91 Å². The molecule has 0 spiro atoms. The Morgan fingerprint density at radius 2 is 2.00 bits per heavy atom. The summed E-state index contributed by atoms with van der Waals surface area (Å²) in [6, 6.07) is 3.98. The minimum Gasteiger partial charge on any atom is -0.339 e. The molecule has 1 amide bonds. The maximum absolute atomic E-state index is 12.8. The molecule has 2 aromatic heterocycles. The molecule has 3 rings (SSSR count). The largest absolute Gasteiger partial charge is 0.339 e. The summed E-state index contributed by atoms with van der Waals surface area (Å²) >= 11 is 0. The van der Waals surface area contributed by atoms with Crippen molar-refractivity contribution in [2.45, 2.75) is 44.6 Å². The fraction of sp³-hybridized carbons (Fsp3) is 0.471. The minimum atomic E-state index is 0.0793. The first-order valence-electron chi connectivity index (χ1n) is 7.97. The van der Waals surface area contributed by atoms with Crippen LogP contribution in [0.25, 0.3) is 5.82 Å². The molecule has 5 nitrogen and oxygen atoms in total. The molecule has 0 atom stereocenters. The third-order valence-corrected chi connectivity index (χ3v) is 4.45. The zero-order valence-electron chi connectivity index (χ0n) is 13.0. The SMILES string of the molecule is CN(C(=O)c1ccnc(-n2ccnc2)c1)C1CCCCCC1. The molecule has 1 aliphatic rings. The summed E-state index contributed by atoms with van der Waals surface area (Å²) in [4.78, 5) is 23.0. The Bertz CT molecular complexity index is 615. The van der Waals surface area contributed by atoms with Crippen LogP contribution in [0.2, 0.25) is 0 Å². The second-order valence-corrected chi connectivity index (χ2v) is 5.93. The van der Waals surface area contributed by atoms with Crippen molar-refractivity contribution in [1.29, 1.82) is 0 Å². The standard InChI is InChI=1S/C17H22N4O/c1-20(15-6-4-2-3-5-7-15)17(22)14-8-9-19-16(12-14)21-11-10-18-13-21/h8-13,15H,2-7H2,1H3. The lowest BCUT2D eigenvalue weighted by Crippen LogP contribution is -2.36. The van der Waals surface area contributed by atoms with Gasteiger partial charge in [0.25, 0.3) is 5.91 Å². The molecule has 1 saturated carbocycles. The second-order valence-electron chi connectivity index (χ2n) is 5.93. The van der Waals surface area contributed by atoms with Gasteiger partial charge in [-0.15, -0.1) is 0 Å². The molecule has 5 heteroatoms. The molecule has 1 aliphatic carbocycles. The van der Waals surface area contributed by atoms with Crippen molar-refractivity contribution in [2.24, 2.45) is 0 Å². The van der Waals surface area contributed by atoms with E-state index in [1.165, 1.54) is 25.7 Å². The van der Waals surface area contributed by atoms with Crippen LogP contribution in [-0.2, 0) is 0 Å². The molecule has 2 aromatic rings. The Morgan fingerprint density at radius 3 is 2.68 bits per heavy atom. The smallest absolute Gasteiger partial charge is 0.254 e. The van der Waals surface area contributed by atoms with E-state index >= 15 is 0 Å². The van der Waals surface area contributed by atoms with Gasteiger partial charge in [0.2, 0.25) is 0 Å². The van der Waals surface area contributed by atoms with Crippen LogP contribution in [0, 0.1) is 0 Å². The van der Waals surface area contributed by atoms with Crippen molar-refractivity contribution in [3.8, 4) is 5.82 Å².